The average Bonchev–Trinajstić information content (AvgIpc) is 3.72. The summed E-state index contributed by atoms with van der Waals surface area (Å²) < 4.78 is 32.4. The van der Waals surface area contributed by atoms with Gasteiger partial charge in [-0.2, -0.15) is 10.2 Å². The van der Waals surface area contributed by atoms with Crippen molar-refractivity contribution in [3.63, 3.8) is 0 Å². The molecule has 1 fully saturated rings. The lowest BCUT2D eigenvalue weighted by molar-refractivity contribution is -0.0367. The number of benzene rings is 1. The molecule has 11 nitrogen and oxygen atoms in total. The SMILES string of the molecule is C=Cc1nn(C2CCCCO2)c2ccc(-c3cn(C)nc3OC(C)CN(Cc3nn(CCO[Si](C)(C)C(C)(C)C)c(OC(C)C)c3I)C(C)C)cc12. The van der Waals surface area contributed by atoms with E-state index in [9.17, 15) is 0 Å². The van der Waals surface area contributed by atoms with Gasteiger partial charge in [0.25, 0.3) is 0 Å². The normalized spacial score (nSPS) is 16.4. The van der Waals surface area contributed by atoms with Gasteiger partial charge in [-0.05, 0) is 118 Å². The molecule has 2 atom stereocenters. The molecule has 4 heterocycles. The summed E-state index contributed by atoms with van der Waals surface area (Å²) in [5, 5.41) is 15.9. The smallest absolute Gasteiger partial charge is 0.241 e. The third kappa shape index (κ3) is 9.31. The van der Waals surface area contributed by atoms with Crippen LogP contribution in [0.5, 0.6) is 11.8 Å². The Kier molecular flexibility index (Phi) is 13.0. The average molecular weight is 846 g/mol. The van der Waals surface area contributed by atoms with Crippen LogP contribution in [-0.4, -0.2) is 80.6 Å². The molecule has 4 aromatic rings. The Labute approximate surface area is 325 Å². The van der Waals surface area contributed by atoms with E-state index in [-0.39, 0.29) is 29.5 Å². The molecule has 0 N–H and O–H groups in total. The number of fused-ring (bicyclic) bond motifs is 1. The van der Waals surface area contributed by atoms with Gasteiger partial charge in [-0.15, -0.1) is 5.10 Å². The van der Waals surface area contributed by atoms with Crippen LogP contribution < -0.4 is 9.47 Å². The molecule has 0 amide bonds. The number of ether oxygens (including phenoxy) is 3. The van der Waals surface area contributed by atoms with Gasteiger partial charge in [0.15, 0.2) is 14.5 Å². The molecule has 286 valence electrons. The first-order valence-electron chi connectivity index (χ1n) is 18.8. The van der Waals surface area contributed by atoms with E-state index >= 15 is 0 Å². The Bertz CT molecular complexity index is 1820. The number of aromatic nitrogens is 6. The quantitative estimate of drug-likeness (QED) is 0.0816. The van der Waals surface area contributed by atoms with Gasteiger partial charge in [0.1, 0.15) is 6.10 Å². The zero-order valence-corrected chi connectivity index (χ0v) is 36.4. The minimum atomic E-state index is -1.88. The number of hydrogen-bond acceptors (Lipinski definition) is 8. The first-order chi connectivity index (χ1) is 24.5. The van der Waals surface area contributed by atoms with Crippen LogP contribution in [0.3, 0.4) is 0 Å². The van der Waals surface area contributed by atoms with Gasteiger partial charge >= 0.3 is 0 Å². The molecule has 2 unspecified atom stereocenters. The number of halogens is 1. The highest BCUT2D eigenvalue weighted by atomic mass is 127. The standard InChI is InChI=1S/C39H60IN7O4Si/c1-13-32-30-22-29(17-18-34(30)47(42-32)35-16-14-15-20-48-35)31-24-44(10)43-37(31)51-28(6)23-45(26(2)3)25-33-36(40)38(50-27(4)5)46(41-33)19-21-49-52(11,12)39(7,8)9/h13,17-18,22,24,26-28,35H,1,14-16,19-21,23,25H2,2-12H3. The summed E-state index contributed by atoms with van der Waals surface area (Å²) in [5.74, 6) is 1.42. The van der Waals surface area contributed by atoms with Crippen molar-refractivity contribution in [2.75, 3.05) is 19.8 Å². The maximum absolute atomic E-state index is 6.63. The highest BCUT2D eigenvalue weighted by Crippen LogP contribution is 2.37. The Balaban J connectivity index is 1.32. The van der Waals surface area contributed by atoms with Crippen molar-refractivity contribution in [2.24, 2.45) is 7.05 Å². The van der Waals surface area contributed by atoms with Crippen molar-refractivity contribution in [1.29, 1.82) is 0 Å². The summed E-state index contributed by atoms with van der Waals surface area (Å²) in [5.41, 5.74) is 4.84. The number of aryl methyl sites for hydroxylation is 1. The molecule has 13 heteroatoms. The Morgan fingerprint density at radius 3 is 2.48 bits per heavy atom. The monoisotopic (exact) mass is 845 g/mol. The van der Waals surface area contributed by atoms with E-state index in [1.165, 1.54) is 0 Å². The summed E-state index contributed by atoms with van der Waals surface area (Å²) in [6.45, 7) is 29.4. The molecule has 1 aliphatic rings. The van der Waals surface area contributed by atoms with Crippen LogP contribution in [0, 0.1) is 3.57 Å². The van der Waals surface area contributed by atoms with Gasteiger partial charge in [0.2, 0.25) is 11.8 Å². The lowest BCUT2D eigenvalue weighted by Crippen LogP contribution is -2.41. The molecule has 0 bridgehead atoms. The van der Waals surface area contributed by atoms with Gasteiger partial charge in [0, 0.05) is 44.4 Å². The van der Waals surface area contributed by atoms with Gasteiger partial charge in [0.05, 0.1) is 45.3 Å². The largest absolute Gasteiger partial charge is 0.474 e. The number of nitrogens with zero attached hydrogens (tertiary/aromatic N) is 7. The zero-order valence-electron chi connectivity index (χ0n) is 33.2. The lowest BCUT2D eigenvalue weighted by atomic mass is 10.1. The lowest BCUT2D eigenvalue weighted by Gasteiger charge is -2.36. The topological polar surface area (TPSA) is 93.6 Å². The Morgan fingerprint density at radius 1 is 1.10 bits per heavy atom. The maximum Gasteiger partial charge on any atom is 0.241 e. The summed E-state index contributed by atoms with van der Waals surface area (Å²) >= 11 is 2.39. The van der Waals surface area contributed by atoms with Crippen LogP contribution in [0.15, 0.2) is 31.0 Å². The van der Waals surface area contributed by atoms with Crippen LogP contribution in [-0.2, 0) is 29.3 Å². The van der Waals surface area contributed by atoms with Crippen molar-refractivity contribution < 1.29 is 18.6 Å². The molecule has 5 rings (SSSR count). The van der Waals surface area contributed by atoms with Crippen molar-refractivity contribution in [1.82, 2.24) is 34.2 Å². The van der Waals surface area contributed by atoms with E-state index in [1.807, 2.05) is 33.4 Å². The molecule has 0 spiro atoms. The molecule has 0 aliphatic carbocycles. The molecule has 0 radical (unpaired) electrons. The van der Waals surface area contributed by atoms with E-state index in [2.05, 4.69) is 121 Å². The Hall–Kier alpha value is -2.72. The van der Waals surface area contributed by atoms with Crippen LogP contribution in [0.25, 0.3) is 28.1 Å². The van der Waals surface area contributed by atoms with Gasteiger partial charge in [-0.3, -0.25) is 9.58 Å². The summed E-state index contributed by atoms with van der Waals surface area (Å²) in [6, 6.07) is 6.68. The van der Waals surface area contributed by atoms with Crippen molar-refractivity contribution in [3.05, 3.63) is 45.9 Å². The molecule has 0 saturated carbocycles. The number of rotatable bonds is 16. The van der Waals surface area contributed by atoms with E-state index in [4.69, 9.17) is 33.9 Å². The predicted octanol–water partition coefficient (Wildman–Crippen LogP) is 9.07. The maximum atomic E-state index is 6.63. The highest BCUT2D eigenvalue weighted by molar-refractivity contribution is 14.1. The summed E-state index contributed by atoms with van der Waals surface area (Å²) in [6.07, 6.45) is 6.87. The first-order valence-corrected chi connectivity index (χ1v) is 22.7. The molecular weight excluding hydrogens is 785 g/mol. The predicted molar refractivity (Wildman–Crippen MR) is 220 cm³/mol. The molecule has 1 saturated heterocycles. The minimum Gasteiger partial charge on any atom is -0.474 e. The van der Waals surface area contributed by atoms with E-state index in [1.54, 1.807) is 0 Å². The van der Waals surface area contributed by atoms with E-state index in [0.29, 0.717) is 32.1 Å². The summed E-state index contributed by atoms with van der Waals surface area (Å²) in [4.78, 5) is 2.40. The Morgan fingerprint density at radius 2 is 1.85 bits per heavy atom. The molecule has 1 aromatic carbocycles. The summed E-state index contributed by atoms with van der Waals surface area (Å²) in [7, 11) is 0.0520. The third-order valence-electron chi connectivity index (χ3n) is 10.2. The molecule has 3 aromatic heterocycles. The van der Waals surface area contributed by atoms with Crippen LogP contribution in [0.1, 0.15) is 92.3 Å². The second kappa shape index (κ2) is 16.7. The molecular formula is C39H60IN7O4Si. The fourth-order valence-corrected chi connectivity index (χ4v) is 7.96. The highest BCUT2D eigenvalue weighted by Gasteiger charge is 2.37. The molecule has 1 aliphatic heterocycles. The van der Waals surface area contributed by atoms with Crippen molar-refractivity contribution in [2.45, 2.75) is 130 Å². The van der Waals surface area contributed by atoms with Crippen LogP contribution in [0.2, 0.25) is 18.1 Å². The first kappa shape index (κ1) is 40.5. The van der Waals surface area contributed by atoms with Gasteiger partial charge in [-0.25, -0.2) is 9.36 Å². The van der Waals surface area contributed by atoms with Crippen LogP contribution >= 0.6 is 22.6 Å². The minimum absolute atomic E-state index is 0.0338. The second-order valence-corrected chi connectivity index (χ2v) is 22.0. The third-order valence-corrected chi connectivity index (χ3v) is 15.8. The molecule has 52 heavy (non-hydrogen) atoms. The van der Waals surface area contributed by atoms with Gasteiger partial charge in [-0.1, -0.05) is 33.4 Å². The fourth-order valence-electron chi connectivity index (χ4n) is 6.24. The fraction of sp³-hybridized carbons (Fsp3) is 0.615. The van der Waals surface area contributed by atoms with E-state index in [0.717, 1.165) is 68.7 Å². The number of hydrogen-bond donors (Lipinski definition) is 0. The zero-order chi connectivity index (χ0) is 38.0. The van der Waals surface area contributed by atoms with Crippen molar-refractivity contribution >= 4 is 47.9 Å². The van der Waals surface area contributed by atoms with Gasteiger partial charge < -0.3 is 18.6 Å². The van der Waals surface area contributed by atoms with Crippen molar-refractivity contribution in [3.8, 4) is 22.9 Å². The van der Waals surface area contributed by atoms with E-state index < -0.39 is 8.32 Å². The van der Waals surface area contributed by atoms with Crippen LogP contribution in [0.4, 0.5) is 0 Å². The second-order valence-electron chi connectivity index (χ2n) is 16.1.